The van der Waals surface area contributed by atoms with Crippen molar-refractivity contribution in [2.45, 2.75) is 12.2 Å². The van der Waals surface area contributed by atoms with Crippen molar-refractivity contribution in [2.24, 2.45) is 0 Å². The first-order chi connectivity index (χ1) is 9.97. The van der Waals surface area contributed by atoms with Crippen LogP contribution in [-0.4, -0.2) is 70.1 Å². The van der Waals surface area contributed by atoms with Crippen LogP contribution in [-0.2, 0) is 0 Å². The largest absolute Gasteiger partial charge is 0.491 e. The van der Waals surface area contributed by atoms with Crippen LogP contribution in [0.2, 0.25) is 0 Å². The van der Waals surface area contributed by atoms with Gasteiger partial charge >= 0.3 is 5.97 Å². The molecule has 0 aliphatic rings. The number of rotatable bonds is 9. The standard InChI is InChI=1S/C13H18O8/c14-4-8(16)6-20-10-1-2-12(11(3-10)13(18)19)21-7-9(17)5-15/h1-3,8-9,14-17H,4-7H2,(H,18,19)/t8-,9+/m1/s1. The van der Waals surface area contributed by atoms with Crippen LogP contribution < -0.4 is 9.47 Å². The van der Waals surface area contributed by atoms with Gasteiger partial charge in [-0.3, -0.25) is 0 Å². The average molecular weight is 302 g/mol. The molecule has 5 N–H and O–H groups in total. The molecule has 1 rings (SSSR count). The summed E-state index contributed by atoms with van der Waals surface area (Å²) in [6, 6.07) is 3.97. The molecule has 0 amide bonds. The van der Waals surface area contributed by atoms with Crippen LogP contribution in [0.4, 0.5) is 0 Å². The monoisotopic (exact) mass is 302 g/mol. The van der Waals surface area contributed by atoms with E-state index in [-0.39, 0.29) is 30.3 Å². The van der Waals surface area contributed by atoms with Crippen molar-refractivity contribution < 1.29 is 39.8 Å². The van der Waals surface area contributed by atoms with Gasteiger partial charge in [0.15, 0.2) is 0 Å². The van der Waals surface area contributed by atoms with Crippen LogP contribution in [0.15, 0.2) is 18.2 Å². The molecule has 0 fully saturated rings. The summed E-state index contributed by atoms with van der Waals surface area (Å²) in [7, 11) is 0. The fraction of sp³-hybridized carbons (Fsp3) is 0.462. The van der Waals surface area contributed by atoms with E-state index in [4.69, 9.17) is 29.9 Å². The maximum atomic E-state index is 11.1. The summed E-state index contributed by atoms with van der Waals surface area (Å²) in [6.07, 6.45) is -2.17. The second-order valence-electron chi connectivity index (χ2n) is 4.26. The molecule has 0 bridgehead atoms. The lowest BCUT2D eigenvalue weighted by Gasteiger charge is -2.14. The third kappa shape index (κ3) is 5.56. The summed E-state index contributed by atoms with van der Waals surface area (Å²) in [4.78, 5) is 11.1. The summed E-state index contributed by atoms with van der Waals surface area (Å²) < 4.78 is 10.3. The Hall–Kier alpha value is -1.87. The quantitative estimate of drug-likeness (QED) is 0.385. The molecule has 8 nitrogen and oxygen atoms in total. The van der Waals surface area contributed by atoms with Crippen LogP contribution in [0.5, 0.6) is 11.5 Å². The maximum Gasteiger partial charge on any atom is 0.339 e. The highest BCUT2D eigenvalue weighted by Gasteiger charge is 2.15. The second-order valence-corrected chi connectivity index (χ2v) is 4.26. The van der Waals surface area contributed by atoms with E-state index >= 15 is 0 Å². The van der Waals surface area contributed by atoms with Gasteiger partial charge in [0.25, 0.3) is 0 Å². The molecule has 0 heterocycles. The summed E-state index contributed by atoms with van der Waals surface area (Å²) >= 11 is 0. The molecule has 0 aliphatic heterocycles. The van der Waals surface area contributed by atoms with E-state index in [2.05, 4.69) is 0 Å². The lowest BCUT2D eigenvalue weighted by molar-refractivity contribution is 0.0509. The van der Waals surface area contributed by atoms with Gasteiger partial charge in [-0.2, -0.15) is 0 Å². The van der Waals surface area contributed by atoms with Crippen molar-refractivity contribution >= 4 is 5.97 Å². The maximum absolute atomic E-state index is 11.1. The van der Waals surface area contributed by atoms with Gasteiger partial charge in [0.2, 0.25) is 0 Å². The Balaban J connectivity index is 2.79. The van der Waals surface area contributed by atoms with Crippen LogP contribution in [0.25, 0.3) is 0 Å². The van der Waals surface area contributed by atoms with Gasteiger partial charge in [-0.05, 0) is 18.2 Å². The Morgan fingerprint density at radius 2 is 1.62 bits per heavy atom. The zero-order valence-electron chi connectivity index (χ0n) is 11.2. The van der Waals surface area contributed by atoms with Gasteiger partial charge in [-0.15, -0.1) is 0 Å². The van der Waals surface area contributed by atoms with Gasteiger partial charge < -0.3 is 35.0 Å². The van der Waals surface area contributed by atoms with Crippen molar-refractivity contribution in [1.82, 2.24) is 0 Å². The first kappa shape index (κ1) is 17.2. The number of carboxylic acids is 1. The Morgan fingerprint density at radius 3 is 2.14 bits per heavy atom. The van der Waals surface area contributed by atoms with E-state index in [1.807, 2.05) is 0 Å². The summed E-state index contributed by atoms with van der Waals surface area (Å²) in [6.45, 7) is -1.39. The number of carboxylic acid groups (broad SMARTS) is 1. The molecule has 0 radical (unpaired) electrons. The number of hydrogen-bond acceptors (Lipinski definition) is 7. The van der Waals surface area contributed by atoms with E-state index in [0.29, 0.717) is 0 Å². The minimum absolute atomic E-state index is 0.0186. The lowest BCUT2D eigenvalue weighted by Crippen LogP contribution is -2.22. The molecule has 0 saturated heterocycles. The third-order valence-corrected chi connectivity index (χ3v) is 2.48. The zero-order chi connectivity index (χ0) is 15.8. The van der Waals surface area contributed by atoms with Gasteiger partial charge in [-0.1, -0.05) is 0 Å². The number of aliphatic hydroxyl groups is 4. The van der Waals surface area contributed by atoms with Crippen LogP contribution in [0, 0.1) is 0 Å². The van der Waals surface area contributed by atoms with E-state index in [1.165, 1.54) is 18.2 Å². The Morgan fingerprint density at radius 1 is 1.05 bits per heavy atom. The first-order valence-corrected chi connectivity index (χ1v) is 6.18. The number of ether oxygens (including phenoxy) is 2. The van der Waals surface area contributed by atoms with E-state index < -0.39 is 31.4 Å². The zero-order valence-corrected chi connectivity index (χ0v) is 11.2. The summed E-state index contributed by atoms with van der Waals surface area (Å²) in [5.41, 5.74) is -0.184. The van der Waals surface area contributed by atoms with Crippen LogP contribution >= 0.6 is 0 Å². The van der Waals surface area contributed by atoms with Crippen LogP contribution in [0.3, 0.4) is 0 Å². The highest BCUT2D eigenvalue weighted by molar-refractivity contribution is 5.91. The fourth-order valence-corrected chi connectivity index (χ4v) is 1.38. The topological polar surface area (TPSA) is 137 Å². The number of carbonyl (C=O) groups is 1. The smallest absolute Gasteiger partial charge is 0.339 e. The first-order valence-electron chi connectivity index (χ1n) is 6.18. The predicted molar refractivity (Wildman–Crippen MR) is 70.6 cm³/mol. The van der Waals surface area contributed by atoms with E-state index in [0.717, 1.165) is 0 Å². The summed E-state index contributed by atoms with van der Waals surface area (Å²) in [5.74, 6) is -1.04. The Bertz CT molecular complexity index is 461. The van der Waals surface area contributed by atoms with Crippen molar-refractivity contribution in [2.75, 3.05) is 26.4 Å². The number of benzene rings is 1. The van der Waals surface area contributed by atoms with Crippen molar-refractivity contribution in [3.8, 4) is 11.5 Å². The normalized spacial score (nSPS) is 13.5. The molecule has 0 saturated carbocycles. The highest BCUT2D eigenvalue weighted by Crippen LogP contribution is 2.24. The molecular formula is C13H18O8. The molecule has 1 aromatic carbocycles. The molecule has 2 atom stereocenters. The molecule has 0 aromatic heterocycles. The SMILES string of the molecule is O=C(O)c1cc(OC[C@H](O)CO)ccc1OC[C@@H](O)CO. The minimum Gasteiger partial charge on any atom is -0.491 e. The molecule has 0 aliphatic carbocycles. The van der Waals surface area contributed by atoms with E-state index in [9.17, 15) is 9.90 Å². The lowest BCUT2D eigenvalue weighted by atomic mass is 10.2. The number of aliphatic hydroxyl groups excluding tert-OH is 4. The number of aromatic carboxylic acids is 1. The predicted octanol–water partition coefficient (Wildman–Crippen LogP) is -1.15. The molecule has 0 unspecified atom stereocenters. The summed E-state index contributed by atoms with van der Waals surface area (Å²) in [5, 5.41) is 44.8. The van der Waals surface area contributed by atoms with Crippen molar-refractivity contribution in [1.29, 1.82) is 0 Å². The van der Waals surface area contributed by atoms with Gasteiger partial charge in [0, 0.05) is 0 Å². The fourth-order valence-electron chi connectivity index (χ4n) is 1.38. The second kappa shape index (κ2) is 8.42. The Kier molecular flexibility index (Phi) is 6.89. The minimum atomic E-state index is -1.25. The van der Waals surface area contributed by atoms with Gasteiger partial charge in [-0.25, -0.2) is 4.79 Å². The third-order valence-electron chi connectivity index (χ3n) is 2.48. The molecule has 8 heteroatoms. The number of hydrogen-bond donors (Lipinski definition) is 5. The average Bonchev–Trinajstić information content (AvgIpc) is 2.50. The molecule has 0 spiro atoms. The molecule has 1 aromatic rings. The highest BCUT2D eigenvalue weighted by atomic mass is 16.5. The van der Waals surface area contributed by atoms with Crippen molar-refractivity contribution in [3.63, 3.8) is 0 Å². The molecular weight excluding hydrogens is 284 g/mol. The Labute approximate surface area is 120 Å². The van der Waals surface area contributed by atoms with Crippen LogP contribution in [0.1, 0.15) is 10.4 Å². The van der Waals surface area contributed by atoms with Gasteiger partial charge in [0.1, 0.15) is 42.5 Å². The van der Waals surface area contributed by atoms with E-state index in [1.54, 1.807) is 0 Å². The van der Waals surface area contributed by atoms with Crippen molar-refractivity contribution in [3.05, 3.63) is 23.8 Å². The molecule has 118 valence electrons. The van der Waals surface area contributed by atoms with Gasteiger partial charge in [0.05, 0.1) is 13.2 Å². The molecule has 21 heavy (non-hydrogen) atoms.